The van der Waals surface area contributed by atoms with Crippen molar-refractivity contribution >= 4 is 53.9 Å². The van der Waals surface area contributed by atoms with Crippen molar-refractivity contribution < 1.29 is 8.42 Å². The van der Waals surface area contributed by atoms with E-state index in [-0.39, 0.29) is 17.4 Å². The number of fused-ring (bicyclic) bond motifs is 1. The average Bonchev–Trinajstić information content (AvgIpc) is 2.98. The topological polar surface area (TPSA) is 71.1 Å². The zero-order valence-corrected chi connectivity index (χ0v) is 13.7. The minimum atomic E-state index is -2.83. The fraction of sp³-hybridized carbons (Fsp3) is 0.385. The number of sulfone groups is 1. The first kappa shape index (κ1) is 14.7. The van der Waals surface area contributed by atoms with Crippen LogP contribution in [-0.2, 0) is 9.84 Å². The molecule has 0 aliphatic carbocycles. The van der Waals surface area contributed by atoms with Gasteiger partial charge in [0.1, 0.15) is 0 Å². The van der Waals surface area contributed by atoms with Crippen LogP contribution in [-0.4, -0.2) is 36.6 Å². The van der Waals surface area contributed by atoms with Crippen LogP contribution >= 0.6 is 23.6 Å². The molecule has 1 aromatic heterocycles. The van der Waals surface area contributed by atoms with E-state index >= 15 is 0 Å². The highest BCUT2D eigenvalue weighted by Gasteiger charge is 2.27. The molecule has 1 aliphatic rings. The van der Waals surface area contributed by atoms with Crippen molar-refractivity contribution in [2.75, 3.05) is 23.4 Å². The molecule has 1 saturated heterocycles. The number of thiocarbonyl (C=S) groups is 1. The Labute approximate surface area is 132 Å². The molecule has 0 saturated carbocycles. The van der Waals surface area contributed by atoms with E-state index in [9.17, 15) is 8.42 Å². The first-order valence-corrected chi connectivity index (χ1v) is 9.67. The zero-order chi connectivity index (χ0) is 14.9. The molecule has 2 heterocycles. The molecule has 21 heavy (non-hydrogen) atoms. The highest BCUT2D eigenvalue weighted by atomic mass is 32.2. The van der Waals surface area contributed by atoms with Crippen LogP contribution < -0.4 is 10.6 Å². The van der Waals surface area contributed by atoms with Crippen molar-refractivity contribution in [3.63, 3.8) is 0 Å². The quantitative estimate of drug-likeness (QED) is 0.832. The smallest absolute Gasteiger partial charge is 0.190 e. The zero-order valence-electron chi connectivity index (χ0n) is 11.2. The molecule has 0 amide bonds. The van der Waals surface area contributed by atoms with E-state index in [0.717, 1.165) is 15.3 Å². The van der Waals surface area contributed by atoms with Gasteiger partial charge < -0.3 is 10.6 Å². The average molecular weight is 341 g/mol. The Balaban J connectivity index is 1.54. The molecule has 1 aliphatic heterocycles. The van der Waals surface area contributed by atoms with Gasteiger partial charge in [-0.25, -0.2) is 13.4 Å². The summed E-state index contributed by atoms with van der Waals surface area (Å²) < 4.78 is 23.9. The predicted octanol–water partition coefficient (Wildman–Crippen LogP) is 2.02. The van der Waals surface area contributed by atoms with Crippen LogP contribution in [0.1, 0.15) is 6.42 Å². The number of nitrogens with zero attached hydrogens (tertiary/aromatic N) is 1. The molecule has 1 fully saturated rings. The summed E-state index contributed by atoms with van der Waals surface area (Å²) in [5.41, 5.74) is 0.940. The normalized spacial score (nSPS) is 20.5. The van der Waals surface area contributed by atoms with Crippen LogP contribution in [0.5, 0.6) is 0 Å². The Kier molecular flexibility index (Phi) is 4.10. The number of nitrogens with one attached hydrogen (secondary N) is 2. The fourth-order valence-corrected chi connectivity index (χ4v) is 5.31. The Bertz CT molecular complexity index is 737. The van der Waals surface area contributed by atoms with Crippen molar-refractivity contribution in [2.24, 2.45) is 5.92 Å². The van der Waals surface area contributed by atoms with Crippen LogP contribution in [0.3, 0.4) is 0 Å². The van der Waals surface area contributed by atoms with Gasteiger partial charge in [0.15, 0.2) is 20.1 Å². The number of anilines is 1. The van der Waals surface area contributed by atoms with E-state index < -0.39 is 9.84 Å². The lowest BCUT2D eigenvalue weighted by molar-refractivity contribution is 0.574. The molecule has 0 unspecified atom stereocenters. The maximum Gasteiger partial charge on any atom is 0.190 e. The van der Waals surface area contributed by atoms with Crippen LogP contribution in [0.4, 0.5) is 5.13 Å². The third kappa shape index (κ3) is 3.69. The number of para-hydroxylation sites is 1. The molecule has 3 rings (SSSR count). The minimum absolute atomic E-state index is 0.144. The highest BCUT2D eigenvalue weighted by Crippen LogP contribution is 2.25. The monoisotopic (exact) mass is 341 g/mol. The molecule has 0 radical (unpaired) electrons. The van der Waals surface area contributed by atoms with Crippen LogP contribution in [0.2, 0.25) is 0 Å². The number of thiazole rings is 1. The third-order valence-corrected chi connectivity index (χ3v) is 6.43. The van der Waals surface area contributed by atoms with Gasteiger partial charge in [-0.1, -0.05) is 23.5 Å². The van der Waals surface area contributed by atoms with Gasteiger partial charge in [-0.2, -0.15) is 0 Å². The molecule has 0 spiro atoms. The van der Waals surface area contributed by atoms with Crippen molar-refractivity contribution in [3.8, 4) is 0 Å². The SMILES string of the molecule is O=S1(=O)CC[C@@H](CNC(=S)Nc2nc3ccccc3s2)C1. The largest absolute Gasteiger partial charge is 0.362 e. The highest BCUT2D eigenvalue weighted by molar-refractivity contribution is 7.91. The summed E-state index contributed by atoms with van der Waals surface area (Å²) in [6.45, 7) is 0.579. The van der Waals surface area contributed by atoms with Crippen molar-refractivity contribution in [1.82, 2.24) is 10.3 Å². The first-order chi connectivity index (χ1) is 10.0. The van der Waals surface area contributed by atoms with Gasteiger partial charge >= 0.3 is 0 Å². The maximum absolute atomic E-state index is 11.4. The Hall–Kier alpha value is -1.25. The Morgan fingerprint density at radius 3 is 2.95 bits per heavy atom. The summed E-state index contributed by atoms with van der Waals surface area (Å²) in [5.74, 6) is 0.686. The second-order valence-electron chi connectivity index (χ2n) is 5.09. The van der Waals surface area contributed by atoms with Crippen LogP contribution in [0, 0.1) is 5.92 Å². The van der Waals surface area contributed by atoms with E-state index in [1.54, 1.807) is 0 Å². The number of benzene rings is 1. The lowest BCUT2D eigenvalue weighted by Gasteiger charge is -2.11. The maximum atomic E-state index is 11.4. The molecular weight excluding hydrogens is 326 g/mol. The molecule has 8 heteroatoms. The predicted molar refractivity (Wildman–Crippen MR) is 90.6 cm³/mol. The Morgan fingerprint density at radius 2 is 2.24 bits per heavy atom. The standard InChI is InChI=1S/C13H15N3O2S3/c17-21(18)6-5-9(8-21)7-14-12(19)16-13-15-10-3-1-2-4-11(10)20-13/h1-4,9H,5-8H2,(H2,14,15,16,19)/t9-/m0/s1. The molecular formula is C13H15N3O2S3. The van der Waals surface area contributed by atoms with Gasteiger partial charge in [0.05, 0.1) is 21.7 Å². The van der Waals surface area contributed by atoms with Crippen molar-refractivity contribution in [3.05, 3.63) is 24.3 Å². The fourth-order valence-electron chi connectivity index (χ4n) is 2.34. The molecule has 112 valence electrons. The molecule has 2 aromatic rings. The van der Waals surface area contributed by atoms with Crippen molar-refractivity contribution in [1.29, 1.82) is 0 Å². The summed E-state index contributed by atoms with van der Waals surface area (Å²) in [6, 6.07) is 7.89. The second-order valence-corrected chi connectivity index (χ2v) is 8.76. The summed E-state index contributed by atoms with van der Waals surface area (Å²) in [4.78, 5) is 4.44. The second kappa shape index (κ2) is 5.86. The summed E-state index contributed by atoms with van der Waals surface area (Å²) in [7, 11) is -2.83. The van der Waals surface area contributed by atoms with E-state index in [4.69, 9.17) is 12.2 Å². The van der Waals surface area contributed by atoms with E-state index in [1.165, 1.54) is 11.3 Å². The number of rotatable bonds is 3. The minimum Gasteiger partial charge on any atom is -0.362 e. The van der Waals surface area contributed by atoms with Gasteiger partial charge in [-0.3, -0.25) is 0 Å². The van der Waals surface area contributed by atoms with Gasteiger partial charge in [0.2, 0.25) is 0 Å². The van der Waals surface area contributed by atoms with E-state index in [2.05, 4.69) is 15.6 Å². The van der Waals surface area contributed by atoms with Gasteiger partial charge in [-0.15, -0.1) is 0 Å². The van der Waals surface area contributed by atoms with Crippen molar-refractivity contribution in [2.45, 2.75) is 6.42 Å². The molecule has 0 bridgehead atoms. The van der Waals surface area contributed by atoms with Crippen LogP contribution in [0.25, 0.3) is 10.2 Å². The van der Waals surface area contributed by atoms with E-state index in [0.29, 0.717) is 18.1 Å². The summed E-state index contributed by atoms with van der Waals surface area (Å²) in [6.07, 6.45) is 0.707. The third-order valence-electron chi connectivity index (χ3n) is 3.39. The number of hydrogen-bond donors (Lipinski definition) is 2. The Morgan fingerprint density at radius 1 is 1.43 bits per heavy atom. The summed E-state index contributed by atoms with van der Waals surface area (Å²) in [5, 5.41) is 7.36. The number of hydrogen-bond acceptors (Lipinski definition) is 5. The van der Waals surface area contributed by atoms with E-state index in [1.807, 2.05) is 24.3 Å². The lowest BCUT2D eigenvalue weighted by Crippen LogP contribution is -2.33. The molecule has 1 atom stereocenters. The molecule has 1 aromatic carbocycles. The van der Waals surface area contributed by atoms with Crippen LogP contribution in [0.15, 0.2) is 24.3 Å². The summed E-state index contributed by atoms with van der Waals surface area (Å²) >= 11 is 6.77. The lowest BCUT2D eigenvalue weighted by atomic mass is 10.1. The molecule has 5 nitrogen and oxygen atoms in total. The van der Waals surface area contributed by atoms with Gasteiger partial charge in [0.25, 0.3) is 0 Å². The molecule has 2 N–H and O–H groups in total. The first-order valence-electron chi connectivity index (χ1n) is 6.63. The van der Waals surface area contributed by atoms with Gasteiger partial charge in [-0.05, 0) is 36.7 Å². The van der Waals surface area contributed by atoms with Gasteiger partial charge in [0, 0.05) is 6.54 Å². The number of aromatic nitrogens is 1.